The third-order valence-electron chi connectivity index (χ3n) is 2.87. The summed E-state index contributed by atoms with van der Waals surface area (Å²) in [5.41, 5.74) is -0.724. The van der Waals surface area contributed by atoms with Crippen LogP contribution in [0, 0.1) is 5.92 Å². The zero-order chi connectivity index (χ0) is 9.35. The van der Waals surface area contributed by atoms with Gasteiger partial charge < -0.3 is 9.84 Å². The Morgan fingerprint density at radius 2 is 2.17 bits per heavy atom. The summed E-state index contributed by atoms with van der Waals surface area (Å²) in [6, 6.07) is 0. The van der Waals surface area contributed by atoms with E-state index in [2.05, 4.69) is 13.8 Å². The summed E-state index contributed by atoms with van der Waals surface area (Å²) in [7, 11) is 1.66. The molecular weight excluding hydrogens is 172 g/mol. The lowest BCUT2D eigenvalue weighted by molar-refractivity contribution is -0.0611. The molecule has 0 aromatic carbocycles. The summed E-state index contributed by atoms with van der Waals surface area (Å²) in [5, 5.41) is 10.6. The summed E-state index contributed by atoms with van der Waals surface area (Å²) >= 11 is 1.75. The zero-order valence-electron chi connectivity index (χ0n) is 8.20. The van der Waals surface area contributed by atoms with Crippen LogP contribution in [0.15, 0.2) is 0 Å². The van der Waals surface area contributed by atoms with Gasteiger partial charge in [0.25, 0.3) is 0 Å². The van der Waals surface area contributed by atoms with E-state index in [1.54, 1.807) is 18.9 Å². The van der Waals surface area contributed by atoms with E-state index in [-0.39, 0.29) is 5.44 Å². The van der Waals surface area contributed by atoms with Gasteiger partial charge in [0.1, 0.15) is 11.0 Å². The topological polar surface area (TPSA) is 29.5 Å². The average molecular weight is 190 g/mol. The third kappa shape index (κ3) is 1.50. The third-order valence-corrected chi connectivity index (χ3v) is 4.88. The molecule has 0 radical (unpaired) electrons. The second kappa shape index (κ2) is 3.56. The molecule has 0 bridgehead atoms. The summed E-state index contributed by atoms with van der Waals surface area (Å²) < 4.78 is 5.24. The van der Waals surface area contributed by atoms with E-state index in [0.29, 0.717) is 11.2 Å². The predicted molar refractivity (Wildman–Crippen MR) is 52.3 cm³/mol. The first-order chi connectivity index (χ1) is 5.54. The molecule has 1 aliphatic heterocycles. The monoisotopic (exact) mass is 190 g/mol. The number of thioether (sulfide) groups is 1. The minimum atomic E-state index is -0.667. The molecule has 4 atom stereocenters. The predicted octanol–water partition coefficient (Wildman–Crippen LogP) is 1.87. The van der Waals surface area contributed by atoms with Crippen molar-refractivity contribution in [3.8, 4) is 0 Å². The summed E-state index contributed by atoms with van der Waals surface area (Å²) in [5.74, 6) is 0.317. The Kier molecular flexibility index (Phi) is 3.07. The molecule has 0 spiro atoms. The molecule has 0 aromatic rings. The quantitative estimate of drug-likeness (QED) is 0.721. The van der Waals surface area contributed by atoms with Crippen LogP contribution in [0.5, 0.6) is 0 Å². The van der Waals surface area contributed by atoms with Crippen molar-refractivity contribution in [2.24, 2.45) is 5.92 Å². The number of rotatable bonds is 2. The van der Waals surface area contributed by atoms with Crippen molar-refractivity contribution in [2.45, 2.75) is 43.5 Å². The number of ether oxygens (including phenoxy) is 1. The molecule has 1 fully saturated rings. The maximum absolute atomic E-state index is 10.1. The van der Waals surface area contributed by atoms with Crippen LogP contribution >= 0.6 is 11.8 Å². The smallest absolute Gasteiger partial charge is 0.131 e. The Bertz CT molecular complexity index is 155. The van der Waals surface area contributed by atoms with Gasteiger partial charge in [-0.05, 0) is 19.3 Å². The van der Waals surface area contributed by atoms with Gasteiger partial charge in [0.2, 0.25) is 0 Å². The van der Waals surface area contributed by atoms with Crippen molar-refractivity contribution in [1.29, 1.82) is 0 Å². The van der Waals surface area contributed by atoms with Crippen LogP contribution < -0.4 is 0 Å². The fraction of sp³-hybridized carbons (Fsp3) is 1.00. The van der Waals surface area contributed by atoms with Crippen LogP contribution in [-0.2, 0) is 4.74 Å². The molecular formula is C9H18O2S. The van der Waals surface area contributed by atoms with Crippen molar-refractivity contribution in [2.75, 3.05) is 7.11 Å². The van der Waals surface area contributed by atoms with Crippen LogP contribution in [-0.4, -0.2) is 28.5 Å². The van der Waals surface area contributed by atoms with Gasteiger partial charge in [0.05, 0.1) is 0 Å². The fourth-order valence-corrected chi connectivity index (χ4v) is 3.37. The first kappa shape index (κ1) is 10.4. The molecule has 0 saturated carbocycles. The van der Waals surface area contributed by atoms with Crippen molar-refractivity contribution in [1.82, 2.24) is 0 Å². The Balaban J connectivity index is 2.73. The highest BCUT2D eigenvalue weighted by molar-refractivity contribution is 8.00. The Morgan fingerprint density at radius 3 is 2.42 bits per heavy atom. The molecule has 1 aliphatic rings. The highest BCUT2D eigenvalue weighted by Crippen LogP contribution is 2.46. The average Bonchev–Trinajstić information content (AvgIpc) is 2.25. The molecule has 72 valence electrons. The van der Waals surface area contributed by atoms with E-state index in [4.69, 9.17) is 4.74 Å². The van der Waals surface area contributed by atoms with Gasteiger partial charge in [-0.2, -0.15) is 0 Å². The van der Waals surface area contributed by atoms with E-state index in [1.165, 1.54) is 0 Å². The highest BCUT2D eigenvalue weighted by Gasteiger charge is 2.49. The number of aliphatic hydroxyl groups is 1. The van der Waals surface area contributed by atoms with Gasteiger partial charge in [-0.3, -0.25) is 0 Å². The molecule has 1 N–H and O–H groups in total. The molecule has 0 unspecified atom stereocenters. The van der Waals surface area contributed by atoms with Gasteiger partial charge >= 0.3 is 0 Å². The molecule has 1 rings (SSSR count). The van der Waals surface area contributed by atoms with Crippen molar-refractivity contribution in [3.05, 3.63) is 0 Å². The summed E-state index contributed by atoms with van der Waals surface area (Å²) in [4.78, 5) is 0. The van der Waals surface area contributed by atoms with Crippen LogP contribution in [0.3, 0.4) is 0 Å². The molecule has 1 heterocycles. The van der Waals surface area contributed by atoms with E-state index in [1.807, 2.05) is 6.92 Å². The van der Waals surface area contributed by atoms with Gasteiger partial charge in [0, 0.05) is 12.4 Å². The Hall–Kier alpha value is 0.270. The normalized spacial score (nSPS) is 48.2. The summed E-state index contributed by atoms with van der Waals surface area (Å²) in [6.07, 6.45) is 1.10. The molecule has 3 heteroatoms. The maximum Gasteiger partial charge on any atom is 0.131 e. The molecule has 12 heavy (non-hydrogen) atoms. The number of methoxy groups -OCH3 is 1. The van der Waals surface area contributed by atoms with Gasteiger partial charge in [-0.25, -0.2) is 0 Å². The van der Waals surface area contributed by atoms with Crippen molar-refractivity contribution < 1.29 is 9.84 Å². The zero-order valence-corrected chi connectivity index (χ0v) is 9.02. The first-order valence-electron chi connectivity index (χ1n) is 4.44. The lowest BCUT2D eigenvalue weighted by atomic mass is 9.88. The van der Waals surface area contributed by atoms with Crippen LogP contribution in [0.4, 0.5) is 0 Å². The van der Waals surface area contributed by atoms with E-state index < -0.39 is 5.60 Å². The van der Waals surface area contributed by atoms with E-state index in [9.17, 15) is 5.11 Å². The fourth-order valence-electron chi connectivity index (χ4n) is 1.75. The van der Waals surface area contributed by atoms with Gasteiger partial charge in [-0.15, -0.1) is 11.8 Å². The standard InChI is InChI=1S/C9H18O2S/c1-5-7-6(2)9(3,10)8(11-4)12-7/h6-8,10H,5H2,1-4H3/t6-,7-,8+,9-/m1/s1. The van der Waals surface area contributed by atoms with Gasteiger partial charge in [0.15, 0.2) is 0 Å². The molecule has 0 amide bonds. The van der Waals surface area contributed by atoms with Crippen molar-refractivity contribution >= 4 is 11.8 Å². The van der Waals surface area contributed by atoms with E-state index in [0.717, 1.165) is 6.42 Å². The first-order valence-corrected chi connectivity index (χ1v) is 5.39. The molecule has 0 aromatic heterocycles. The second-order valence-corrected chi connectivity index (χ2v) is 4.97. The van der Waals surface area contributed by atoms with Crippen LogP contribution in [0.1, 0.15) is 27.2 Å². The molecule has 2 nitrogen and oxygen atoms in total. The van der Waals surface area contributed by atoms with Crippen LogP contribution in [0.2, 0.25) is 0 Å². The second-order valence-electron chi connectivity index (χ2n) is 3.66. The Morgan fingerprint density at radius 1 is 1.58 bits per heavy atom. The largest absolute Gasteiger partial charge is 0.386 e. The minimum Gasteiger partial charge on any atom is -0.386 e. The lowest BCUT2D eigenvalue weighted by Gasteiger charge is -2.27. The highest BCUT2D eigenvalue weighted by atomic mass is 32.2. The minimum absolute atomic E-state index is 0.0579. The van der Waals surface area contributed by atoms with E-state index >= 15 is 0 Å². The molecule has 1 saturated heterocycles. The lowest BCUT2D eigenvalue weighted by Crippen LogP contribution is -2.40. The number of hydrogen-bond acceptors (Lipinski definition) is 3. The van der Waals surface area contributed by atoms with Crippen LogP contribution in [0.25, 0.3) is 0 Å². The summed E-state index contributed by atoms with van der Waals surface area (Å²) in [6.45, 7) is 6.12. The molecule has 0 aliphatic carbocycles. The SMILES string of the molecule is CC[C@H]1S[C@H](OC)[C@](C)(O)[C@@H]1C. The Labute approximate surface area is 78.7 Å². The van der Waals surface area contributed by atoms with Crippen molar-refractivity contribution in [3.63, 3.8) is 0 Å². The van der Waals surface area contributed by atoms with Gasteiger partial charge in [-0.1, -0.05) is 13.8 Å². The maximum atomic E-state index is 10.1. The number of hydrogen-bond donors (Lipinski definition) is 1.